The van der Waals surface area contributed by atoms with E-state index in [1.165, 1.54) is 18.7 Å². The van der Waals surface area contributed by atoms with Crippen LogP contribution in [0, 0.1) is 13.8 Å². The van der Waals surface area contributed by atoms with E-state index in [1.54, 1.807) is 24.3 Å². The van der Waals surface area contributed by atoms with E-state index in [2.05, 4.69) is 20.9 Å². The summed E-state index contributed by atoms with van der Waals surface area (Å²) in [5, 5.41) is 8.04. The molecule has 0 radical (unpaired) electrons. The van der Waals surface area contributed by atoms with Crippen LogP contribution in [0.25, 0.3) is 0 Å². The summed E-state index contributed by atoms with van der Waals surface area (Å²) in [5.41, 5.74) is 9.22. The molecule has 3 amide bonds. The molecule has 30 heavy (non-hydrogen) atoms. The molecule has 0 fully saturated rings. The van der Waals surface area contributed by atoms with Gasteiger partial charge in [-0.25, -0.2) is 4.99 Å². The highest BCUT2D eigenvalue weighted by atomic mass is 32.2. The zero-order valence-corrected chi connectivity index (χ0v) is 17.7. The molecule has 1 aliphatic heterocycles. The summed E-state index contributed by atoms with van der Waals surface area (Å²) in [7, 11) is 0. The lowest BCUT2D eigenvalue weighted by Crippen LogP contribution is -2.42. The number of nitrogens with two attached hydrogens (primary N) is 1. The normalized spacial score (nSPS) is 17.8. The standard InChI is InChI=1S/C21H23N5O3S/c1-11-5-4-6-16(12(11)2)24-21-25-17(18(22)28)20(30-21)26-19(29)14-7-9-15(10-8-14)23-13(3)27/h4-10,20-21,24H,1-3H3,(H2,22,28)(H,23,27)(H,26,29). The molecular formula is C21H23N5O3S. The van der Waals surface area contributed by atoms with Gasteiger partial charge in [0.25, 0.3) is 11.8 Å². The van der Waals surface area contributed by atoms with Crippen molar-refractivity contribution < 1.29 is 14.4 Å². The fourth-order valence-electron chi connectivity index (χ4n) is 2.93. The van der Waals surface area contributed by atoms with Gasteiger partial charge in [-0.15, -0.1) is 0 Å². The maximum absolute atomic E-state index is 12.6. The Hall–Kier alpha value is -3.33. The number of thioether (sulfide) groups is 1. The summed E-state index contributed by atoms with van der Waals surface area (Å²) in [6.45, 7) is 5.42. The van der Waals surface area contributed by atoms with E-state index >= 15 is 0 Å². The van der Waals surface area contributed by atoms with E-state index in [0.717, 1.165) is 16.8 Å². The number of aliphatic imine (C=N–C) groups is 1. The zero-order valence-electron chi connectivity index (χ0n) is 16.9. The van der Waals surface area contributed by atoms with Crippen molar-refractivity contribution in [3.05, 3.63) is 59.2 Å². The highest BCUT2D eigenvalue weighted by Gasteiger charge is 2.33. The first-order valence-corrected chi connectivity index (χ1v) is 10.2. The minimum atomic E-state index is -0.681. The van der Waals surface area contributed by atoms with E-state index in [4.69, 9.17) is 5.73 Å². The summed E-state index contributed by atoms with van der Waals surface area (Å²) in [4.78, 5) is 39.9. The Labute approximate surface area is 178 Å². The Balaban J connectivity index is 1.70. The van der Waals surface area contributed by atoms with Crippen LogP contribution in [0.15, 0.2) is 47.5 Å². The van der Waals surface area contributed by atoms with Gasteiger partial charge in [-0.05, 0) is 55.3 Å². The second kappa shape index (κ2) is 9.00. The van der Waals surface area contributed by atoms with Gasteiger partial charge < -0.3 is 21.7 Å². The summed E-state index contributed by atoms with van der Waals surface area (Å²) in [5.74, 6) is -1.25. The smallest absolute Gasteiger partial charge is 0.265 e. The molecule has 3 rings (SSSR count). The molecule has 5 N–H and O–H groups in total. The molecule has 156 valence electrons. The highest BCUT2D eigenvalue weighted by Crippen LogP contribution is 2.30. The number of benzene rings is 2. The SMILES string of the molecule is CC(=O)Nc1ccc(C(=O)NC2SC(Nc3cccc(C)c3C)N=C2C(N)=O)cc1. The van der Waals surface area contributed by atoms with Crippen LogP contribution in [0.4, 0.5) is 11.4 Å². The van der Waals surface area contributed by atoms with Gasteiger partial charge in [-0.2, -0.15) is 0 Å². The summed E-state index contributed by atoms with van der Waals surface area (Å²) in [6.07, 6.45) is 0. The maximum Gasteiger partial charge on any atom is 0.265 e. The van der Waals surface area contributed by atoms with Crippen LogP contribution in [0.3, 0.4) is 0 Å². The van der Waals surface area contributed by atoms with Crippen molar-refractivity contribution in [1.29, 1.82) is 0 Å². The number of amides is 3. The first-order chi connectivity index (χ1) is 14.2. The van der Waals surface area contributed by atoms with Crippen molar-refractivity contribution in [2.24, 2.45) is 10.7 Å². The molecule has 1 heterocycles. The quantitative estimate of drug-likeness (QED) is 0.565. The predicted molar refractivity (Wildman–Crippen MR) is 120 cm³/mol. The van der Waals surface area contributed by atoms with Crippen LogP contribution < -0.4 is 21.7 Å². The Bertz CT molecular complexity index is 1020. The molecule has 8 nitrogen and oxygen atoms in total. The second-order valence-corrected chi connectivity index (χ2v) is 8.06. The fraction of sp³-hybridized carbons (Fsp3) is 0.238. The number of nitrogens with zero attached hydrogens (tertiary/aromatic N) is 1. The third-order valence-corrected chi connectivity index (χ3v) is 5.73. The van der Waals surface area contributed by atoms with Crippen LogP contribution in [0.5, 0.6) is 0 Å². The highest BCUT2D eigenvalue weighted by molar-refractivity contribution is 8.01. The molecule has 0 aromatic heterocycles. The van der Waals surface area contributed by atoms with E-state index in [1.807, 2.05) is 32.0 Å². The number of carbonyl (C=O) groups excluding carboxylic acids is 3. The molecule has 2 aromatic rings. The van der Waals surface area contributed by atoms with Crippen LogP contribution in [0.2, 0.25) is 0 Å². The third kappa shape index (κ3) is 4.98. The number of aryl methyl sites for hydroxylation is 1. The lowest BCUT2D eigenvalue weighted by molar-refractivity contribution is -0.114. The van der Waals surface area contributed by atoms with Gasteiger partial charge >= 0.3 is 0 Å². The molecular weight excluding hydrogens is 402 g/mol. The fourth-order valence-corrected chi connectivity index (χ4v) is 4.04. The van der Waals surface area contributed by atoms with E-state index in [9.17, 15) is 14.4 Å². The molecule has 9 heteroatoms. The van der Waals surface area contributed by atoms with Crippen LogP contribution in [-0.4, -0.2) is 34.3 Å². The third-order valence-electron chi connectivity index (χ3n) is 4.64. The van der Waals surface area contributed by atoms with Gasteiger partial charge in [0.1, 0.15) is 11.1 Å². The lowest BCUT2D eigenvalue weighted by Gasteiger charge is -2.17. The van der Waals surface area contributed by atoms with Crippen molar-refractivity contribution in [3.8, 4) is 0 Å². The molecule has 2 unspecified atom stereocenters. The molecule has 0 saturated carbocycles. The van der Waals surface area contributed by atoms with Crippen molar-refractivity contribution in [1.82, 2.24) is 5.32 Å². The van der Waals surface area contributed by atoms with Gasteiger partial charge in [0.2, 0.25) is 5.91 Å². The molecule has 2 atom stereocenters. The van der Waals surface area contributed by atoms with E-state index in [0.29, 0.717) is 11.3 Å². The molecule has 0 aliphatic carbocycles. The first-order valence-electron chi connectivity index (χ1n) is 9.29. The molecule has 2 aromatic carbocycles. The molecule has 0 spiro atoms. The molecule has 1 aliphatic rings. The van der Waals surface area contributed by atoms with Crippen molar-refractivity contribution in [2.75, 3.05) is 10.6 Å². The number of hydrogen-bond donors (Lipinski definition) is 4. The van der Waals surface area contributed by atoms with Gasteiger partial charge in [0.15, 0.2) is 5.50 Å². The van der Waals surface area contributed by atoms with Crippen molar-refractivity contribution in [3.63, 3.8) is 0 Å². The number of hydrogen-bond acceptors (Lipinski definition) is 6. The number of rotatable bonds is 6. The van der Waals surface area contributed by atoms with Gasteiger partial charge in [0, 0.05) is 23.9 Å². The summed E-state index contributed by atoms with van der Waals surface area (Å²) in [6, 6.07) is 12.3. The Morgan fingerprint density at radius 2 is 1.77 bits per heavy atom. The first kappa shape index (κ1) is 21.4. The minimum absolute atomic E-state index is 0.103. The molecule has 0 bridgehead atoms. The van der Waals surface area contributed by atoms with Crippen molar-refractivity contribution in [2.45, 2.75) is 31.6 Å². The predicted octanol–water partition coefficient (Wildman–Crippen LogP) is 2.39. The molecule has 0 saturated heterocycles. The largest absolute Gasteiger partial charge is 0.364 e. The van der Waals surface area contributed by atoms with Gasteiger partial charge in [-0.3, -0.25) is 14.4 Å². The maximum atomic E-state index is 12.6. The average Bonchev–Trinajstić information content (AvgIpc) is 3.08. The number of anilines is 2. The minimum Gasteiger partial charge on any atom is -0.364 e. The lowest BCUT2D eigenvalue weighted by atomic mass is 10.1. The van der Waals surface area contributed by atoms with E-state index in [-0.39, 0.29) is 17.5 Å². The van der Waals surface area contributed by atoms with E-state index < -0.39 is 16.8 Å². The van der Waals surface area contributed by atoms with Gasteiger partial charge in [-0.1, -0.05) is 23.9 Å². The van der Waals surface area contributed by atoms with Crippen LogP contribution in [0.1, 0.15) is 28.4 Å². The Morgan fingerprint density at radius 1 is 1.07 bits per heavy atom. The van der Waals surface area contributed by atoms with Crippen LogP contribution >= 0.6 is 11.8 Å². The zero-order chi connectivity index (χ0) is 21.8. The van der Waals surface area contributed by atoms with Crippen molar-refractivity contribution >= 4 is 46.6 Å². The van der Waals surface area contributed by atoms with Gasteiger partial charge in [0.05, 0.1) is 0 Å². The second-order valence-electron chi connectivity index (χ2n) is 6.87. The topological polar surface area (TPSA) is 126 Å². The summed E-state index contributed by atoms with van der Waals surface area (Å²) >= 11 is 1.29. The van der Waals surface area contributed by atoms with Crippen LogP contribution in [-0.2, 0) is 9.59 Å². The Morgan fingerprint density at radius 3 is 2.40 bits per heavy atom. The number of nitrogens with one attached hydrogen (secondary N) is 3. The summed E-state index contributed by atoms with van der Waals surface area (Å²) < 4.78 is 0. The average molecular weight is 426 g/mol. The Kier molecular flexibility index (Phi) is 6.41. The monoisotopic (exact) mass is 425 g/mol. The number of carbonyl (C=O) groups is 3. The number of primary amides is 1.